The summed E-state index contributed by atoms with van der Waals surface area (Å²) >= 11 is 0. The maximum absolute atomic E-state index is 12.5. The van der Waals surface area contributed by atoms with Crippen molar-refractivity contribution in [3.8, 4) is 5.75 Å². The number of hydrogen-bond acceptors (Lipinski definition) is 3. The van der Waals surface area contributed by atoms with Crippen LogP contribution < -0.4 is 4.74 Å². The lowest BCUT2D eigenvalue weighted by molar-refractivity contribution is -0.134. The molecule has 0 saturated heterocycles. The normalized spacial score (nSPS) is 16.4. The van der Waals surface area contributed by atoms with E-state index >= 15 is 0 Å². The molecule has 1 aliphatic rings. The summed E-state index contributed by atoms with van der Waals surface area (Å²) in [5.41, 5.74) is 1.84. The van der Waals surface area contributed by atoms with Gasteiger partial charge in [-0.1, -0.05) is 0 Å². The van der Waals surface area contributed by atoms with Gasteiger partial charge >= 0.3 is 0 Å². The number of aromatic nitrogens is 1. The van der Waals surface area contributed by atoms with Gasteiger partial charge in [0.25, 0.3) is 0 Å². The van der Waals surface area contributed by atoms with Crippen molar-refractivity contribution in [1.29, 1.82) is 0 Å². The van der Waals surface area contributed by atoms with Crippen LogP contribution in [0.1, 0.15) is 48.3 Å². The van der Waals surface area contributed by atoms with Crippen LogP contribution >= 0.6 is 0 Å². The van der Waals surface area contributed by atoms with E-state index in [1.165, 1.54) is 5.69 Å². The molecule has 2 aromatic rings. The molecule has 5 nitrogen and oxygen atoms in total. The molecule has 132 valence electrons. The molecule has 0 fully saturated rings. The zero-order chi connectivity index (χ0) is 17.8. The SMILES string of the molecule is COc1ccc(C(=O)CCCC(=O)N2CCn3cccc3[C@@H]2C)cc1. The molecule has 0 unspecified atom stereocenters. The average molecular weight is 340 g/mol. The van der Waals surface area contributed by atoms with Crippen molar-refractivity contribution in [2.45, 2.75) is 38.8 Å². The highest BCUT2D eigenvalue weighted by molar-refractivity contribution is 5.96. The third-order valence-corrected chi connectivity index (χ3v) is 4.87. The fourth-order valence-corrected chi connectivity index (χ4v) is 3.38. The Labute approximate surface area is 148 Å². The van der Waals surface area contributed by atoms with E-state index in [0.29, 0.717) is 24.8 Å². The molecule has 1 aromatic carbocycles. The molecule has 25 heavy (non-hydrogen) atoms. The number of ketones is 1. The maximum atomic E-state index is 12.5. The molecule has 0 radical (unpaired) electrons. The highest BCUT2D eigenvalue weighted by atomic mass is 16.5. The number of carbonyl (C=O) groups is 2. The Bertz CT molecular complexity index is 749. The van der Waals surface area contributed by atoms with E-state index in [9.17, 15) is 9.59 Å². The zero-order valence-corrected chi connectivity index (χ0v) is 14.8. The van der Waals surface area contributed by atoms with Crippen LogP contribution in [0.3, 0.4) is 0 Å². The van der Waals surface area contributed by atoms with Gasteiger partial charge in [-0.05, 0) is 49.7 Å². The van der Waals surface area contributed by atoms with Crippen LogP contribution in [0.2, 0.25) is 0 Å². The Morgan fingerprint density at radius 3 is 2.60 bits per heavy atom. The summed E-state index contributed by atoms with van der Waals surface area (Å²) in [5, 5.41) is 0. The predicted molar refractivity (Wildman–Crippen MR) is 95.7 cm³/mol. The summed E-state index contributed by atoms with van der Waals surface area (Å²) in [6.45, 7) is 3.63. The first-order valence-electron chi connectivity index (χ1n) is 8.72. The number of methoxy groups -OCH3 is 1. The third-order valence-electron chi connectivity index (χ3n) is 4.87. The Hall–Kier alpha value is -2.56. The summed E-state index contributed by atoms with van der Waals surface area (Å²) in [5.74, 6) is 0.925. The molecule has 0 aliphatic carbocycles. The Morgan fingerprint density at radius 1 is 1.12 bits per heavy atom. The minimum atomic E-state index is 0.0658. The standard InChI is InChI=1S/C20H24N2O3/c1-15-18-5-4-12-21(18)13-14-22(15)20(24)7-3-6-19(23)16-8-10-17(25-2)11-9-16/h4-5,8-12,15H,3,6-7,13-14H2,1-2H3/t15-/m0/s1. The van der Waals surface area contributed by atoms with Crippen molar-refractivity contribution >= 4 is 11.7 Å². The number of rotatable bonds is 6. The van der Waals surface area contributed by atoms with Crippen LogP contribution in [-0.2, 0) is 11.3 Å². The molecular formula is C20H24N2O3. The van der Waals surface area contributed by atoms with E-state index in [1.54, 1.807) is 31.4 Å². The van der Waals surface area contributed by atoms with E-state index in [0.717, 1.165) is 18.8 Å². The van der Waals surface area contributed by atoms with Crippen LogP contribution in [-0.4, -0.2) is 34.8 Å². The first-order chi connectivity index (χ1) is 12.1. The fourth-order valence-electron chi connectivity index (χ4n) is 3.38. The van der Waals surface area contributed by atoms with Gasteiger partial charge in [-0.3, -0.25) is 9.59 Å². The minimum absolute atomic E-state index is 0.0658. The smallest absolute Gasteiger partial charge is 0.223 e. The maximum Gasteiger partial charge on any atom is 0.223 e. The highest BCUT2D eigenvalue weighted by Crippen LogP contribution is 2.26. The number of hydrogen-bond donors (Lipinski definition) is 0. The molecule has 1 aliphatic heterocycles. The van der Waals surface area contributed by atoms with E-state index in [4.69, 9.17) is 4.74 Å². The highest BCUT2D eigenvalue weighted by Gasteiger charge is 2.26. The number of carbonyl (C=O) groups excluding carboxylic acids is 2. The third kappa shape index (κ3) is 3.76. The lowest BCUT2D eigenvalue weighted by Crippen LogP contribution is -2.40. The van der Waals surface area contributed by atoms with Gasteiger partial charge in [0.15, 0.2) is 5.78 Å². The van der Waals surface area contributed by atoms with E-state index in [-0.39, 0.29) is 17.7 Å². The van der Waals surface area contributed by atoms with Crippen molar-refractivity contribution < 1.29 is 14.3 Å². The number of benzene rings is 1. The second-order valence-corrected chi connectivity index (χ2v) is 6.39. The van der Waals surface area contributed by atoms with Gasteiger partial charge in [-0.15, -0.1) is 0 Å². The largest absolute Gasteiger partial charge is 0.497 e. The summed E-state index contributed by atoms with van der Waals surface area (Å²) in [6, 6.07) is 11.3. The first-order valence-corrected chi connectivity index (χ1v) is 8.72. The summed E-state index contributed by atoms with van der Waals surface area (Å²) in [4.78, 5) is 26.7. The number of fused-ring (bicyclic) bond motifs is 1. The lowest BCUT2D eigenvalue weighted by atomic mass is 10.0. The number of ether oxygens (including phenoxy) is 1. The van der Waals surface area contributed by atoms with Crippen LogP contribution in [0, 0.1) is 0 Å². The molecular weight excluding hydrogens is 316 g/mol. The van der Waals surface area contributed by atoms with Crippen molar-refractivity contribution in [3.05, 3.63) is 53.9 Å². The van der Waals surface area contributed by atoms with Crippen molar-refractivity contribution in [3.63, 3.8) is 0 Å². The van der Waals surface area contributed by atoms with Crippen LogP contribution in [0.25, 0.3) is 0 Å². The second-order valence-electron chi connectivity index (χ2n) is 6.39. The Kier molecular flexibility index (Phi) is 5.22. The topological polar surface area (TPSA) is 51.5 Å². The van der Waals surface area contributed by atoms with Crippen LogP contribution in [0.4, 0.5) is 0 Å². The molecule has 0 saturated carbocycles. The zero-order valence-electron chi connectivity index (χ0n) is 14.8. The predicted octanol–water partition coefficient (Wildman–Crippen LogP) is 3.45. The summed E-state index contributed by atoms with van der Waals surface area (Å²) < 4.78 is 7.29. The minimum Gasteiger partial charge on any atom is -0.497 e. The molecule has 2 heterocycles. The molecule has 0 spiro atoms. The molecule has 0 bridgehead atoms. The molecule has 1 atom stereocenters. The van der Waals surface area contributed by atoms with Gasteiger partial charge in [0, 0.05) is 43.4 Å². The molecule has 3 rings (SSSR count). The summed E-state index contributed by atoms with van der Waals surface area (Å²) in [6.07, 6.45) is 3.43. The van der Waals surface area contributed by atoms with Crippen LogP contribution in [0.5, 0.6) is 5.75 Å². The number of Topliss-reactive ketones (excluding diaryl/α,β-unsaturated/α-hetero) is 1. The lowest BCUT2D eigenvalue weighted by Gasteiger charge is -2.35. The van der Waals surface area contributed by atoms with E-state index in [2.05, 4.69) is 23.8 Å². The average Bonchev–Trinajstić information content (AvgIpc) is 3.11. The van der Waals surface area contributed by atoms with Gasteiger partial charge in [0.05, 0.1) is 13.2 Å². The van der Waals surface area contributed by atoms with E-state index in [1.807, 2.05) is 11.0 Å². The van der Waals surface area contributed by atoms with Gasteiger partial charge < -0.3 is 14.2 Å². The fraction of sp³-hybridized carbons (Fsp3) is 0.400. The van der Waals surface area contributed by atoms with Gasteiger partial charge in [-0.2, -0.15) is 0 Å². The van der Waals surface area contributed by atoms with E-state index < -0.39 is 0 Å². The molecule has 0 N–H and O–H groups in total. The monoisotopic (exact) mass is 340 g/mol. The van der Waals surface area contributed by atoms with Crippen molar-refractivity contribution in [2.24, 2.45) is 0 Å². The molecule has 1 aromatic heterocycles. The molecule has 5 heteroatoms. The first kappa shape index (κ1) is 17.3. The van der Waals surface area contributed by atoms with Crippen LogP contribution in [0.15, 0.2) is 42.6 Å². The van der Waals surface area contributed by atoms with Crippen molar-refractivity contribution in [1.82, 2.24) is 9.47 Å². The Morgan fingerprint density at radius 2 is 1.88 bits per heavy atom. The summed E-state index contributed by atoms with van der Waals surface area (Å²) in [7, 11) is 1.60. The number of nitrogens with zero attached hydrogens (tertiary/aromatic N) is 2. The quantitative estimate of drug-likeness (QED) is 0.757. The van der Waals surface area contributed by atoms with Crippen molar-refractivity contribution in [2.75, 3.05) is 13.7 Å². The van der Waals surface area contributed by atoms with Gasteiger partial charge in [0.1, 0.15) is 5.75 Å². The molecule has 1 amide bonds. The van der Waals surface area contributed by atoms with Gasteiger partial charge in [-0.25, -0.2) is 0 Å². The van der Waals surface area contributed by atoms with Gasteiger partial charge in [0.2, 0.25) is 5.91 Å². The second kappa shape index (κ2) is 7.55. The number of amides is 1. The Balaban J connectivity index is 1.50.